The van der Waals surface area contributed by atoms with Gasteiger partial charge in [0.1, 0.15) is 5.75 Å². The molecule has 4 nitrogen and oxygen atoms in total. The van der Waals surface area contributed by atoms with E-state index in [9.17, 15) is 18.0 Å². The van der Waals surface area contributed by atoms with E-state index in [1.54, 1.807) is 0 Å². The van der Waals surface area contributed by atoms with Crippen LogP contribution in [0.5, 0.6) is 5.75 Å². The standard InChI is InChI=1S/C14H17F3O4/c1-2-3-6-20-13(19)9-21-12-5-4-10(8-18)7-11(12)14(15,16)17/h4-5,7,18H,2-3,6,8-9H2,1H3. The van der Waals surface area contributed by atoms with Crippen molar-refractivity contribution in [2.24, 2.45) is 0 Å². The van der Waals surface area contributed by atoms with Crippen molar-refractivity contribution in [1.82, 2.24) is 0 Å². The molecule has 0 aromatic heterocycles. The maximum Gasteiger partial charge on any atom is 0.419 e. The molecule has 1 aromatic carbocycles. The molecule has 0 fully saturated rings. The Morgan fingerprint density at radius 3 is 2.62 bits per heavy atom. The van der Waals surface area contributed by atoms with Crippen LogP contribution in [0.3, 0.4) is 0 Å². The number of alkyl halides is 3. The topological polar surface area (TPSA) is 55.8 Å². The lowest BCUT2D eigenvalue weighted by Crippen LogP contribution is -2.17. The normalized spacial score (nSPS) is 11.3. The van der Waals surface area contributed by atoms with Gasteiger partial charge in [0.2, 0.25) is 0 Å². The summed E-state index contributed by atoms with van der Waals surface area (Å²) >= 11 is 0. The first-order chi connectivity index (χ1) is 9.88. The minimum atomic E-state index is -4.63. The lowest BCUT2D eigenvalue weighted by molar-refractivity contribution is -0.148. The summed E-state index contributed by atoms with van der Waals surface area (Å²) in [6.07, 6.45) is -3.10. The van der Waals surface area contributed by atoms with E-state index in [1.807, 2.05) is 6.92 Å². The van der Waals surface area contributed by atoms with Gasteiger partial charge in [-0.05, 0) is 24.1 Å². The Balaban J connectivity index is 2.72. The molecule has 0 spiro atoms. The fraction of sp³-hybridized carbons (Fsp3) is 0.500. The number of hydrogen-bond donors (Lipinski definition) is 1. The molecule has 0 atom stereocenters. The van der Waals surface area contributed by atoms with Crippen LogP contribution in [0.4, 0.5) is 13.2 Å². The maximum absolute atomic E-state index is 12.9. The highest BCUT2D eigenvalue weighted by atomic mass is 19.4. The number of halogens is 3. The number of aliphatic hydroxyl groups excluding tert-OH is 1. The van der Waals surface area contributed by atoms with Gasteiger partial charge in [-0.15, -0.1) is 0 Å². The minimum Gasteiger partial charge on any atom is -0.481 e. The summed E-state index contributed by atoms with van der Waals surface area (Å²) in [6, 6.07) is 3.17. The van der Waals surface area contributed by atoms with Crippen LogP contribution in [0.2, 0.25) is 0 Å². The molecular formula is C14H17F3O4. The zero-order chi connectivity index (χ0) is 15.9. The predicted molar refractivity (Wildman–Crippen MR) is 68.7 cm³/mol. The van der Waals surface area contributed by atoms with Gasteiger partial charge in [-0.3, -0.25) is 0 Å². The number of hydrogen-bond acceptors (Lipinski definition) is 4. The molecule has 0 radical (unpaired) electrons. The average molecular weight is 306 g/mol. The van der Waals surface area contributed by atoms with Gasteiger partial charge in [0, 0.05) is 0 Å². The van der Waals surface area contributed by atoms with Crippen LogP contribution < -0.4 is 4.74 Å². The zero-order valence-electron chi connectivity index (χ0n) is 11.6. The van der Waals surface area contributed by atoms with Gasteiger partial charge >= 0.3 is 12.1 Å². The fourth-order valence-corrected chi connectivity index (χ4v) is 1.53. The van der Waals surface area contributed by atoms with Crippen molar-refractivity contribution in [2.45, 2.75) is 32.5 Å². The molecular weight excluding hydrogens is 289 g/mol. The third-order valence-corrected chi connectivity index (χ3v) is 2.64. The molecule has 1 rings (SSSR count). The third-order valence-electron chi connectivity index (χ3n) is 2.64. The fourth-order valence-electron chi connectivity index (χ4n) is 1.53. The second-order valence-electron chi connectivity index (χ2n) is 4.35. The summed E-state index contributed by atoms with van der Waals surface area (Å²) in [5, 5.41) is 8.87. The monoisotopic (exact) mass is 306 g/mol. The molecule has 1 aromatic rings. The first-order valence-electron chi connectivity index (χ1n) is 6.48. The molecule has 0 aliphatic rings. The van der Waals surface area contributed by atoms with Crippen LogP contribution in [-0.4, -0.2) is 24.3 Å². The molecule has 7 heteroatoms. The highest BCUT2D eigenvalue weighted by Gasteiger charge is 2.34. The highest BCUT2D eigenvalue weighted by Crippen LogP contribution is 2.36. The molecule has 1 N–H and O–H groups in total. The number of aliphatic hydroxyl groups is 1. The molecule has 0 heterocycles. The van der Waals surface area contributed by atoms with E-state index in [0.717, 1.165) is 18.6 Å². The molecule has 0 saturated carbocycles. The second kappa shape index (κ2) is 7.87. The Labute approximate surface area is 120 Å². The quantitative estimate of drug-likeness (QED) is 0.621. The third kappa shape index (κ3) is 5.63. The van der Waals surface area contributed by atoms with Crippen molar-refractivity contribution in [1.29, 1.82) is 0 Å². The second-order valence-corrected chi connectivity index (χ2v) is 4.35. The number of esters is 1. The van der Waals surface area contributed by atoms with Gasteiger partial charge in [0.05, 0.1) is 18.8 Å². The van der Waals surface area contributed by atoms with Gasteiger partial charge in [0.15, 0.2) is 6.61 Å². The number of benzene rings is 1. The van der Waals surface area contributed by atoms with Crippen molar-refractivity contribution in [2.75, 3.05) is 13.2 Å². The molecule has 0 saturated heterocycles. The number of carbonyl (C=O) groups excluding carboxylic acids is 1. The summed E-state index contributed by atoms with van der Waals surface area (Å²) in [5.41, 5.74) is -0.921. The minimum absolute atomic E-state index is 0.111. The van der Waals surface area contributed by atoms with Crippen molar-refractivity contribution in [3.63, 3.8) is 0 Å². The van der Waals surface area contributed by atoms with Gasteiger partial charge in [0.25, 0.3) is 0 Å². The number of ether oxygens (including phenoxy) is 2. The zero-order valence-corrected chi connectivity index (χ0v) is 11.6. The van der Waals surface area contributed by atoms with Crippen molar-refractivity contribution in [3.8, 4) is 5.75 Å². The molecule has 0 aliphatic heterocycles. The summed E-state index contributed by atoms with van der Waals surface area (Å²) in [7, 11) is 0. The summed E-state index contributed by atoms with van der Waals surface area (Å²) in [5.74, 6) is -1.19. The number of rotatable bonds is 7. The van der Waals surface area contributed by atoms with Crippen LogP contribution in [0.25, 0.3) is 0 Å². The Morgan fingerprint density at radius 2 is 2.05 bits per heavy atom. The van der Waals surface area contributed by atoms with Crippen LogP contribution in [0, 0.1) is 0 Å². The van der Waals surface area contributed by atoms with Crippen LogP contribution >= 0.6 is 0 Å². The first kappa shape index (κ1) is 17.3. The Morgan fingerprint density at radius 1 is 1.33 bits per heavy atom. The molecule has 0 unspecified atom stereocenters. The van der Waals surface area contributed by atoms with Crippen LogP contribution in [0.1, 0.15) is 30.9 Å². The first-order valence-corrected chi connectivity index (χ1v) is 6.48. The van der Waals surface area contributed by atoms with E-state index < -0.39 is 36.7 Å². The maximum atomic E-state index is 12.9. The van der Waals surface area contributed by atoms with E-state index in [-0.39, 0.29) is 12.2 Å². The Hall–Kier alpha value is -1.76. The van der Waals surface area contributed by atoms with E-state index in [2.05, 4.69) is 0 Å². The Bertz CT molecular complexity index is 472. The number of carbonyl (C=O) groups is 1. The van der Waals surface area contributed by atoms with Crippen LogP contribution in [0.15, 0.2) is 18.2 Å². The molecule has 21 heavy (non-hydrogen) atoms. The van der Waals surface area contributed by atoms with E-state index in [4.69, 9.17) is 14.6 Å². The largest absolute Gasteiger partial charge is 0.481 e. The van der Waals surface area contributed by atoms with Gasteiger partial charge in [-0.25, -0.2) is 4.79 Å². The van der Waals surface area contributed by atoms with E-state index >= 15 is 0 Å². The van der Waals surface area contributed by atoms with Gasteiger partial charge < -0.3 is 14.6 Å². The van der Waals surface area contributed by atoms with E-state index in [0.29, 0.717) is 6.42 Å². The smallest absolute Gasteiger partial charge is 0.419 e. The SMILES string of the molecule is CCCCOC(=O)COc1ccc(CO)cc1C(F)(F)F. The van der Waals surface area contributed by atoms with Crippen LogP contribution in [-0.2, 0) is 22.3 Å². The molecule has 0 bridgehead atoms. The molecule has 118 valence electrons. The lowest BCUT2D eigenvalue weighted by Gasteiger charge is -2.14. The van der Waals surface area contributed by atoms with Crippen molar-refractivity contribution < 1.29 is 32.5 Å². The van der Waals surface area contributed by atoms with Crippen molar-refractivity contribution >= 4 is 5.97 Å². The number of unbranched alkanes of at least 4 members (excludes halogenated alkanes) is 1. The van der Waals surface area contributed by atoms with Gasteiger partial charge in [-0.2, -0.15) is 13.2 Å². The lowest BCUT2D eigenvalue weighted by atomic mass is 10.1. The van der Waals surface area contributed by atoms with E-state index in [1.165, 1.54) is 6.07 Å². The summed E-state index contributed by atoms with van der Waals surface area (Å²) < 4.78 is 48.2. The predicted octanol–water partition coefficient (Wildman–Crippen LogP) is 2.92. The average Bonchev–Trinajstić information content (AvgIpc) is 2.44. The van der Waals surface area contributed by atoms with Gasteiger partial charge in [-0.1, -0.05) is 19.4 Å². The molecule has 0 amide bonds. The summed E-state index contributed by atoms with van der Waals surface area (Å²) in [4.78, 5) is 11.3. The highest BCUT2D eigenvalue weighted by molar-refractivity contribution is 5.71. The van der Waals surface area contributed by atoms with Crippen molar-refractivity contribution in [3.05, 3.63) is 29.3 Å². The molecule has 0 aliphatic carbocycles. The summed E-state index contributed by atoms with van der Waals surface area (Å²) in [6.45, 7) is 1.03. The Kier molecular flexibility index (Phi) is 6.48.